The van der Waals surface area contributed by atoms with Crippen LogP contribution in [0.2, 0.25) is 0 Å². The number of thiophene rings is 1. The molecule has 1 atom stereocenters. The lowest BCUT2D eigenvalue weighted by Gasteiger charge is -2.30. The fourth-order valence-electron chi connectivity index (χ4n) is 4.54. The molecule has 0 saturated carbocycles. The number of fused-ring (bicyclic) bond motifs is 1. The van der Waals surface area contributed by atoms with Crippen LogP contribution in [0.3, 0.4) is 0 Å². The number of anilines is 1. The van der Waals surface area contributed by atoms with E-state index in [4.69, 9.17) is 5.73 Å². The molecule has 1 fully saturated rings. The predicted octanol–water partition coefficient (Wildman–Crippen LogP) is 2.71. The molecule has 2 amide bonds. The Morgan fingerprint density at radius 1 is 1.18 bits per heavy atom. The van der Waals surface area contributed by atoms with Gasteiger partial charge in [0.05, 0.1) is 10.5 Å². The maximum absolute atomic E-state index is 13.2. The Labute approximate surface area is 198 Å². The summed E-state index contributed by atoms with van der Waals surface area (Å²) < 4.78 is 27.7. The number of sulfonamides is 1. The second-order valence-corrected chi connectivity index (χ2v) is 12.0. The Morgan fingerprint density at radius 2 is 1.88 bits per heavy atom. The maximum atomic E-state index is 13.2. The van der Waals surface area contributed by atoms with Gasteiger partial charge in [-0.2, -0.15) is 4.31 Å². The van der Waals surface area contributed by atoms with Crippen LogP contribution >= 0.6 is 11.3 Å². The SMILES string of the molecule is Cc1ccc(S(=O)(=O)N2CCCC2C(=O)Nc2sc3c(c2C(N)=O)CCN(C(C)C)C3)cc1. The number of amides is 2. The molecule has 0 radical (unpaired) electrons. The molecule has 178 valence electrons. The number of benzene rings is 1. The summed E-state index contributed by atoms with van der Waals surface area (Å²) in [6, 6.07) is 6.16. The minimum absolute atomic E-state index is 0.172. The molecular formula is C23H30N4O4S2. The molecular weight excluding hydrogens is 460 g/mol. The molecule has 1 aromatic carbocycles. The summed E-state index contributed by atoms with van der Waals surface area (Å²) in [7, 11) is -3.81. The number of rotatable bonds is 6. The summed E-state index contributed by atoms with van der Waals surface area (Å²) in [5, 5.41) is 3.27. The Hall–Kier alpha value is -2.27. The van der Waals surface area contributed by atoms with Crippen LogP contribution in [0.15, 0.2) is 29.2 Å². The third kappa shape index (κ3) is 4.57. The number of carbonyl (C=O) groups is 2. The van der Waals surface area contributed by atoms with Crippen LogP contribution < -0.4 is 11.1 Å². The number of nitrogens with two attached hydrogens (primary N) is 1. The van der Waals surface area contributed by atoms with Gasteiger partial charge < -0.3 is 11.1 Å². The van der Waals surface area contributed by atoms with E-state index >= 15 is 0 Å². The Kier molecular flexibility index (Phi) is 6.63. The van der Waals surface area contributed by atoms with E-state index in [9.17, 15) is 18.0 Å². The largest absolute Gasteiger partial charge is 0.365 e. The third-order valence-corrected chi connectivity index (χ3v) is 9.49. The van der Waals surface area contributed by atoms with Gasteiger partial charge in [-0.25, -0.2) is 8.42 Å². The highest BCUT2D eigenvalue weighted by Crippen LogP contribution is 2.38. The van der Waals surface area contributed by atoms with Crippen LogP contribution in [-0.4, -0.2) is 54.6 Å². The van der Waals surface area contributed by atoms with Gasteiger partial charge in [0.25, 0.3) is 5.91 Å². The lowest BCUT2D eigenvalue weighted by atomic mass is 10.0. The van der Waals surface area contributed by atoms with E-state index in [1.807, 2.05) is 6.92 Å². The van der Waals surface area contributed by atoms with Gasteiger partial charge in [0.15, 0.2) is 0 Å². The van der Waals surface area contributed by atoms with Crippen molar-refractivity contribution in [1.29, 1.82) is 0 Å². The van der Waals surface area contributed by atoms with Crippen molar-refractivity contribution in [1.82, 2.24) is 9.21 Å². The van der Waals surface area contributed by atoms with Crippen molar-refractivity contribution in [2.45, 2.75) is 63.6 Å². The van der Waals surface area contributed by atoms with E-state index in [1.165, 1.54) is 15.6 Å². The topological polar surface area (TPSA) is 113 Å². The quantitative estimate of drug-likeness (QED) is 0.647. The van der Waals surface area contributed by atoms with Gasteiger partial charge in [-0.05, 0) is 57.7 Å². The first-order valence-corrected chi connectivity index (χ1v) is 13.4. The molecule has 8 nitrogen and oxygen atoms in total. The third-order valence-electron chi connectivity index (χ3n) is 6.43. The molecule has 3 N–H and O–H groups in total. The Balaban J connectivity index is 1.59. The number of carbonyl (C=O) groups excluding carboxylic acids is 2. The monoisotopic (exact) mass is 490 g/mol. The minimum atomic E-state index is -3.81. The summed E-state index contributed by atoms with van der Waals surface area (Å²) in [5.74, 6) is -0.999. The lowest BCUT2D eigenvalue weighted by Crippen LogP contribution is -2.43. The normalized spacial score (nSPS) is 19.6. The highest BCUT2D eigenvalue weighted by molar-refractivity contribution is 7.89. The van der Waals surface area contributed by atoms with Crippen molar-refractivity contribution in [3.8, 4) is 0 Å². The average molecular weight is 491 g/mol. The molecule has 10 heteroatoms. The Bertz CT molecular complexity index is 1170. The maximum Gasteiger partial charge on any atom is 0.251 e. The molecule has 3 heterocycles. The van der Waals surface area contributed by atoms with E-state index in [-0.39, 0.29) is 11.4 Å². The van der Waals surface area contributed by atoms with Gasteiger partial charge in [0.1, 0.15) is 11.0 Å². The van der Waals surface area contributed by atoms with Crippen molar-refractivity contribution < 1.29 is 18.0 Å². The summed E-state index contributed by atoms with van der Waals surface area (Å²) >= 11 is 1.36. The van der Waals surface area contributed by atoms with Crippen molar-refractivity contribution >= 4 is 38.2 Å². The van der Waals surface area contributed by atoms with Crippen LogP contribution in [0.5, 0.6) is 0 Å². The molecule has 4 rings (SSSR count). The molecule has 0 aliphatic carbocycles. The zero-order valence-electron chi connectivity index (χ0n) is 19.1. The number of primary amides is 1. The summed E-state index contributed by atoms with van der Waals surface area (Å²) in [6.07, 6.45) is 1.71. The molecule has 2 aliphatic heterocycles. The summed E-state index contributed by atoms with van der Waals surface area (Å²) in [5.41, 5.74) is 7.90. The first kappa shape index (κ1) is 23.9. The standard InChI is InChI=1S/C23H30N4O4S2/c1-14(2)26-12-10-17-19(13-26)32-23(20(17)21(24)28)25-22(29)18-5-4-11-27(18)33(30,31)16-8-6-15(3)7-9-16/h6-9,14,18H,4-5,10-13H2,1-3H3,(H2,24,28)(H,25,29). The van der Waals surface area contributed by atoms with E-state index in [2.05, 4.69) is 24.1 Å². The van der Waals surface area contributed by atoms with E-state index in [0.29, 0.717) is 42.4 Å². The minimum Gasteiger partial charge on any atom is -0.365 e. The predicted molar refractivity (Wildman–Crippen MR) is 129 cm³/mol. The molecule has 2 aromatic rings. The molecule has 1 aromatic heterocycles. The molecule has 0 bridgehead atoms. The van der Waals surface area contributed by atoms with Crippen LogP contribution in [0, 0.1) is 6.92 Å². The molecule has 1 saturated heterocycles. The molecule has 1 unspecified atom stereocenters. The fourth-order valence-corrected chi connectivity index (χ4v) is 7.48. The smallest absolute Gasteiger partial charge is 0.251 e. The number of nitrogens with zero attached hydrogens (tertiary/aromatic N) is 2. The summed E-state index contributed by atoms with van der Waals surface area (Å²) in [6.45, 7) is 7.94. The van der Waals surface area contributed by atoms with Crippen molar-refractivity contribution in [3.63, 3.8) is 0 Å². The van der Waals surface area contributed by atoms with E-state index < -0.39 is 27.9 Å². The van der Waals surface area contributed by atoms with E-state index in [1.54, 1.807) is 24.3 Å². The average Bonchev–Trinajstić information content (AvgIpc) is 3.38. The number of hydrogen-bond donors (Lipinski definition) is 2. The van der Waals surface area contributed by atoms with Crippen LogP contribution in [0.25, 0.3) is 0 Å². The van der Waals surface area contributed by atoms with Crippen molar-refractivity contribution in [2.75, 3.05) is 18.4 Å². The fraction of sp³-hybridized carbons (Fsp3) is 0.478. The van der Waals surface area contributed by atoms with Gasteiger partial charge in [-0.1, -0.05) is 17.7 Å². The van der Waals surface area contributed by atoms with Crippen molar-refractivity contribution in [3.05, 3.63) is 45.8 Å². The first-order chi connectivity index (χ1) is 15.6. The number of hydrogen-bond acceptors (Lipinski definition) is 6. The molecule has 0 spiro atoms. The van der Waals surface area contributed by atoms with Gasteiger partial charge in [-0.15, -0.1) is 11.3 Å². The van der Waals surface area contributed by atoms with Crippen molar-refractivity contribution in [2.24, 2.45) is 5.73 Å². The Morgan fingerprint density at radius 3 is 2.52 bits per heavy atom. The van der Waals surface area contributed by atoms with Gasteiger partial charge >= 0.3 is 0 Å². The van der Waals surface area contributed by atoms with Gasteiger partial charge in [0, 0.05) is 30.6 Å². The molecule has 2 aliphatic rings. The van der Waals surface area contributed by atoms with E-state index in [0.717, 1.165) is 22.5 Å². The number of aryl methyl sites for hydroxylation is 1. The zero-order chi connectivity index (χ0) is 23.9. The second kappa shape index (κ2) is 9.17. The van der Waals surface area contributed by atoms with Gasteiger partial charge in [-0.3, -0.25) is 14.5 Å². The van der Waals surface area contributed by atoms with Crippen LogP contribution in [-0.2, 0) is 27.8 Å². The van der Waals surface area contributed by atoms with Crippen LogP contribution in [0.4, 0.5) is 5.00 Å². The van der Waals surface area contributed by atoms with Crippen LogP contribution in [0.1, 0.15) is 53.1 Å². The second-order valence-electron chi connectivity index (χ2n) is 8.96. The highest BCUT2D eigenvalue weighted by Gasteiger charge is 2.40. The highest BCUT2D eigenvalue weighted by atomic mass is 32.2. The number of nitrogens with one attached hydrogen (secondary N) is 1. The van der Waals surface area contributed by atoms with Gasteiger partial charge in [0.2, 0.25) is 15.9 Å². The lowest BCUT2D eigenvalue weighted by molar-refractivity contribution is -0.119. The first-order valence-electron chi connectivity index (χ1n) is 11.2. The summed E-state index contributed by atoms with van der Waals surface area (Å²) in [4.78, 5) is 29.0. The zero-order valence-corrected chi connectivity index (χ0v) is 20.8. The molecule has 33 heavy (non-hydrogen) atoms.